The van der Waals surface area contributed by atoms with Gasteiger partial charge in [0.15, 0.2) is 0 Å². The van der Waals surface area contributed by atoms with Crippen molar-refractivity contribution >= 4 is 30.0 Å². The van der Waals surface area contributed by atoms with Crippen LogP contribution in [0, 0.1) is 6.92 Å². The highest BCUT2D eigenvalue weighted by molar-refractivity contribution is 6.20. The normalized spacial score (nSPS) is 13.2. The summed E-state index contributed by atoms with van der Waals surface area (Å²) in [6.07, 6.45) is 3.75. The lowest BCUT2D eigenvalue weighted by Gasteiger charge is -2.04. The van der Waals surface area contributed by atoms with Crippen LogP contribution in [0.4, 0.5) is 0 Å². The fraction of sp³-hybridized carbons (Fsp3) is 0.100. The molecule has 0 heterocycles. The second-order valence-electron chi connectivity index (χ2n) is 5.44. The molecular formula is C20H20N2O2. The van der Waals surface area contributed by atoms with Crippen LogP contribution >= 0.6 is 0 Å². The van der Waals surface area contributed by atoms with Crippen LogP contribution in [0.25, 0.3) is 18.2 Å². The summed E-state index contributed by atoms with van der Waals surface area (Å²) >= 11 is 0. The molecule has 4 nitrogen and oxygen atoms in total. The van der Waals surface area contributed by atoms with Crippen LogP contribution in [0.3, 0.4) is 0 Å². The van der Waals surface area contributed by atoms with E-state index >= 15 is 0 Å². The number of nitrogens with zero attached hydrogens (tertiary/aromatic N) is 1. The van der Waals surface area contributed by atoms with Gasteiger partial charge in [0.2, 0.25) is 0 Å². The molecule has 0 aromatic heterocycles. The number of aromatic carboxylic acids is 1. The van der Waals surface area contributed by atoms with E-state index in [1.165, 1.54) is 0 Å². The second kappa shape index (κ2) is 7.42. The molecule has 3 N–H and O–H groups in total. The number of carboxylic acids is 1. The van der Waals surface area contributed by atoms with Gasteiger partial charge in [-0.25, -0.2) is 4.79 Å². The maximum absolute atomic E-state index is 10.9. The third kappa shape index (κ3) is 3.98. The summed E-state index contributed by atoms with van der Waals surface area (Å²) in [5.74, 6) is -0.523. The molecule has 0 bridgehead atoms. The largest absolute Gasteiger partial charge is 0.478 e. The zero-order chi connectivity index (χ0) is 17.7. The first kappa shape index (κ1) is 17.2. The Kier molecular flexibility index (Phi) is 5.32. The van der Waals surface area contributed by atoms with E-state index in [4.69, 9.17) is 10.8 Å². The van der Waals surface area contributed by atoms with E-state index in [0.717, 1.165) is 27.1 Å². The lowest BCUT2D eigenvalue weighted by atomic mass is 10.0. The molecule has 0 saturated heterocycles. The van der Waals surface area contributed by atoms with Crippen molar-refractivity contribution in [1.29, 1.82) is 0 Å². The third-order valence-electron chi connectivity index (χ3n) is 3.67. The van der Waals surface area contributed by atoms with Gasteiger partial charge in [-0.3, -0.25) is 4.99 Å². The molecule has 2 rings (SSSR count). The van der Waals surface area contributed by atoms with Crippen molar-refractivity contribution in [3.8, 4) is 0 Å². The van der Waals surface area contributed by atoms with Gasteiger partial charge in [0.25, 0.3) is 0 Å². The number of amidine groups is 1. The zero-order valence-corrected chi connectivity index (χ0v) is 13.8. The van der Waals surface area contributed by atoms with Crippen molar-refractivity contribution < 1.29 is 9.90 Å². The van der Waals surface area contributed by atoms with Crippen molar-refractivity contribution in [3.05, 3.63) is 75.7 Å². The van der Waals surface area contributed by atoms with Crippen LogP contribution in [-0.2, 0) is 0 Å². The third-order valence-corrected chi connectivity index (χ3v) is 3.67. The van der Waals surface area contributed by atoms with Crippen molar-refractivity contribution in [2.75, 3.05) is 7.05 Å². The van der Waals surface area contributed by atoms with Crippen LogP contribution in [0.15, 0.2) is 53.5 Å². The number of carbonyl (C=O) groups is 1. The highest BCUT2D eigenvalue weighted by atomic mass is 16.4. The number of hydrogen-bond donors (Lipinski definition) is 2. The van der Waals surface area contributed by atoms with Gasteiger partial charge in [-0.05, 0) is 35.1 Å². The Bertz CT molecular complexity index is 923. The van der Waals surface area contributed by atoms with Crippen LogP contribution in [0.1, 0.15) is 21.5 Å². The first-order valence-corrected chi connectivity index (χ1v) is 7.46. The summed E-state index contributed by atoms with van der Waals surface area (Å²) in [6.45, 7) is 6.06. The van der Waals surface area contributed by atoms with Gasteiger partial charge in [0, 0.05) is 12.6 Å². The molecule has 0 spiro atoms. The zero-order valence-electron chi connectivity index (χ0n) is 13.8. The van der Waals surface area contributed by atoms with Crippen LogP contribution in [0.2, 0.25) is 0 Å². The minimum atomic E-state index is -0.943. The van der Waals surface area contributed by atoms with Crippen LogP contribution in [-0.4, -0.2) is 24.0 Å². The lowest BCUT2D eigenvalue weighted by Crippen LogP contribution is -2.30. The molecule has 0 unspecified atom stereocenters. The molecule has 0 fully saturated rings. The van der Waals surface area contributed by atoms with Gasteiger partial charge in [-0.15, -0.1) is 0 Å². The maximum atomic E-state index is 10.9. The number of aryl methyl sites for hydroxylation is 1. The van der Waals surface area contributed by atoms with Crippen molar-refractivity contribution in [3.63, 3.8) is 0 Å². The summed E-state index contributed by atoms with van der Waals surface area (Å²) < 4.78 is 0. The minimum absolute atomic E-state index is 0.254. The summed E-state index contributed by atoms with van der Waals surface area (Å²) in [6, 6.07) is 12.6. The predicted molar refractivity (Wildman–Crippen MR) is 99.3 cm³/mol. The molecule has 0 radical (unpaired) electrons. The second-order valence-corrected chi connectivity index (χ2v) is 5.44. The van der Waals surface area contributed by atoms with E-state index in [1.54, 1.807) is 31.3 Å². The Balaban J connectivity index is 2.53. The Labute approximate surface area is 141 Å². The summed E-state index contributed by atoms with van der Waals surface area (Å²) in [5.41, 5.74) is 9.08. The number of rotatable bonds is 4. The van der Waals surface area contributed by atoms with Gasteiger partial charge in [-0.2, -0.15) is 0 Å². The number of benzene rings is 2. The Morgan fingerprint density at radius 2 is 1.88 bits per heavy atom. The quantitative estimate of drug-likeness (QED) is 0.668. The summed E-state index contributed by atoms with van der Waals surface area (Å²) in [4.78, 5) is 15.0. The Hall–Kier alpha value is -3.14. The standard InChI is InChI=1S/C20H20N2O2/c1-13-4-5-14(2)18(12-13)17(19(21)22-3)11-8-15-6-9-16(10-7-15)20(23)24/h4-12H,2H2,1,3H3,(H2,21,22)(H,23,24)/b11-8+,18-17-. The average Bonchev–Trinajstić information content (AvgIpc) is 2.58. The fourth-order valence-electron chi connectivity index (χ4n) is 2.29. The molecule has 4 heteroatoms. The number of hydrogen-bond acceptors (Lipinski definition) is 2. The molecular weight excluding hydrogens is 300 g/mol. The van der Waals surface area contributed by atoms with Crippen LogP contribution < -0.4 is 16.2 Å². The summed E-state index contributed by atoms with van der Waals surface area (Å²) in [7, 11) is 1.64. The van der Waals surface area contributed by atoms with E-state index < -0.39 is 5.97 Å². The van der Waals surface area contributed by atoms with Gasteiger partial charge in [0.1, 0.15) is 5.84 Å². The van der Waals surface area contributed by atoms with Crippen molar-refractivity contribution in [2.24, 2.45) is 10.7 Å². The lowest BCUT2D eigenvalue weighted by molar-refractivity contribution is 0.0697. The van der Waals surface area contributed by atoms with Crippen LogP contribution in [0.5, 0.6) is 0 Å². The first-order valence-electron chi connectivity index (χ1n) is 7.46. The Morgan fingerprint density at radius 3 is 2.46 bits per heavy atom. The molecule has 0 aliphatic rings. The maximum Gasteiger partial charge on any atom is 0.335 e. The average molecular weight is 320 g/mol. The molecule has 0 aliphatic heterocycles. The highest BCUT2D eigenvalue weighted by Gasteiger charge is 2.03. The van der Waals surface area contributed by atoms with Crippen molar-refractivity contribution in [2.45, 2.75) is 6.92 Å². The van der Waals surface area contributed by atoms with Gasteiger partial charge in [0.05, 0.1) is 5.56 Å². The molecule has 122 valence electrons. The molecule has 0 atom stereocenters. The molecule has 2 aromatic carbocycles. The van der Waals surface area contributed by atoms with E-state index in [0.29, 0.717) is 5.84 Å². The smallest absolute Gasteiger partial charge is 0.335 e. The molecule has 2 aromatic rings. The first-order chi connectivity index (χ1) is 11.4. The molecule has 0 amide bonds. The molecule has 0 saturated carbocycles. The van der Waals surface area contributed by atoms with E-state index in [2.05, 4.69) is 11.6 Å². The Morgan fingerprint density at radius 1 is 1.21 bits per heavy atom. The molecule has 24 heavy (non-hydrogen) atoms. The topological polar surface area (TPSA) is 75.7 Å². The summed E-state index contributed by atoms with van der Waals surface area (Å²) in [5, 5.41) is 10.7. The van der Waals surface area contributed by atoms with Crippen molar-refractivity contribution in [1.82, 2.24) is 0 Å². The fourth-order valence-corrected chi connectivity index (χ4v) is 2.29. The highest BCUT2D eigenvalue weighted by Crippen LogP contribution is 2.08. The SMILES string of the molecule is C=c1ccc(C)c/c1=C(\C=C\c1ccc(C(=O)O)cc1)C(N)=NC. The van der Waals surface area contributed by atoms with Gasteiger partial charge < -0.3 is 10.8 Å². The van der Waals surface area contributed by atoms with E-state index in [9.17, 15) is 4.79 Å². The predicted octanol–water partition coefficient (Wildman–Crippen LogP) is 1.95. The minimum Gasteiger partial charge on any atom is -0.478 e. The van der Waals surface area contributed by atoms with Gasteiger partial charge >= 0.3 is 5.97 Å². The van der Waals surface area contributed by atoms with E-state index in [-0.39, 0.29) is 5.56 Å². The number of aliphatic imine (C=N–C) groups is 1. The number of carboxylic acid groups (broad SMARTS) is 1. The number of nitrogens with two attached hydrogens (primary N) is 1. The monoisotopic (exact) mass is 320 g/mol. The van der Waals surface area contributed by atoms with E-state index in [1.807, 2.05) is 37.3 Å². The molecule has 0 aliphatic carbocycles. The van der Waals surface area contributed by atoms with Gasteiger partial charge in [-0.1, -0.05) is 54.6 Å².